The van der Waals surface area contributed by atoms with E-state index in [4.69, 9.17) is 0 Å². The molecule has 0 fully saturated rings. The lowest BCUT2D eigenvalue weighted by Gasteiger charge is -2.04. The van der Waals surface area contributed by atoms with Gasteiger partial charge in [0.25, 0.3) is 0 Å². The van der Waals surface area contributed by atoms with Crippen LogP contribution in [-0.2, 0) is 0 Å². The Balaban J connectivity index is 2.14. The summed E-state index contributed by atoms with van der Waals surface area (Å²) in [6, 6.07) is 11.9. The Kier molecular flexibility index (Phi) is 3.54. The van der Waals surface area contributed by atoms with Gasteiger partial charge in [-0.2, -0.15) is 5.10 Å². The van der Waals surface area contributed by atoms with Crippen LogP contribution in [0.4, 0.5) is 0 Å². The molecule has 0 saturated heterocycles. The van der Waals surface area contributed by atoms with Gasteiger partial charge in [-0.1, -0.05) is 18.2 Å². The van der Waals surface area contributed by atoms with Gasteiger partial charge in [0.15, 0.2) is 6.29 Å². The standard InChI is InChI=1S/C15H11BrN2OS/c1-10-4-2-3-5-12(10)18-8-11(9-19)15(17-18)13-6-7-14(16)20-13/h2-9H,1H3. The molecular weight excluding hydrogens is 336 g/mol. The maximum Gasteiger partial charge on any atom is 0.153 e. The maximum absolute atomic E-state index is 11.3. The van der Waals surface area contributed by atoms with Gasteiger partial charge >= 0.3 is 0 Å². The number of nitrogens with zero attached hydrogens (tertiary/aromatic N) is 2. The third-order valence-electron chi connectivity index (χ3n) is 3.04. The molecule has 5 heteroatoms. The van der Waals surface area contributed by atoms with Crippen molar-refractivity contribution < 1.29 is 4.79 Å². The number of carbonyl (C=O) groups is 1. The van der Waals surface area contributed by atoms with Crippen molar-refractivity contribution in [2.24, 2.45) is 0 Å². The lowest BCUT2D eigenvalue weighted by molar-refractivity contribution is 0.112. The predicted molar refractivity (Wildman–Crippen MR) is 84.7 cm³/mol. The Hall–Kier alpha value is -1.72. The number of benzene rings is 1. The molecule has 100 valence electrons. The smallest absolute Gasteiger partial charge is 0.153 e. The van der Waals surface area contributed by atoms with Crippen molar-refractivity contribution in [1.29, 1.82) is 0 Å². The molecule has 0 aliphatic heterocycles. The number of aromatic nitrogens is 2. The average Bonchev–Trinajstić information content (AvgIpc) is 3.05. The Morgan fingerprint density at radius 2 is 2.05 bits per heavy atom. The first-order valence-corrected chi connectivity index (χ1v) is 7.66. The van der Waals surface area contributed by atoms with Gasteiger partial charge in [-0.15, -0.1) is 11.3 Å². The van der Waals surface area contributed by atoms with E-state index in [0.717, 1.165) is 31.9 Å². The fraction of sp³-hybridized carbons (Fsp3) is 0.0667. The molecule has 3 rings (SSSR count). The van der Waals surface area contributed by atoms with Crippen molar-refractivity contribution >= 4 is 33.6 Å². The van der Waals surface area contributed by atoms with Gasteiger partial charge in [0.05, 0.1) is 19.9 Å². The van der Waals surface area contributed by atoms with E-state index < -0.39 is 0 Å². The highest BCUT2D eigenvalue weighted by Gasteiger charge is 2.14. The summed E-state index contributed by atoms with van der Waals surface area (Å²) in [5.41, 5.74) is 3.42. The van der Waals surface area contributed by atoms with E-state index in [9.17, 15) is 4.79 Å². The van der Waals surface area contributed by atoms with Crippen LogP contribution in [0.1, 0.15) is 15.9 Å². The summed E-state index contributed by atoms with van der Waals surface area (Å²) in [7, 11) is 0. The molecule has 1 aromatic carbocycles. The molecule has 0 N–H and O–H groups in total. The zero-order chi connectivity index (χ0) is 14.1. The molecule has 20 heavy (non-hydrogen) atoms. The number of rotatable bonds is 3. The number of aldehydes is 1. The number of para-hydroxylation sites is 1. The lowest BCUT2D eigenvalue weighted by Crippen LogP contribution is -1.97. The quantitative estimate of drug-likeness (QED) is 0.655. The van der Waals surface area contributed by atoms with Gasteiger partial charge in [-0.05, 0) is 46.6 Å². The molecule has 0 aliphatic carbocycles. The third-order valence-corrected chi connectivity index (χ3v) is 4.67. The Labute approximate surface area is 129 Å². The van der Waals surface area contributed by atoms with Crippen LogP contribution in [0.3, 0.4) is 0 Å². The van der Waals surface area contributed by atoms with Crippen molar-refractivity contribution in [2.75, 3.05) is 0 Å². The molecule has 0 aliphatic rings. The minimum atomic E-state index is 0.600. The minimum Gasteiger partial charge on any atom is -0.298 e. The molecule has 2 heterocycles. The summed E-state index contributed by atoms with van der Waals surface area (Å²) >= 11 is 5.00. The number of aryl methyl sites for hydroxylation is 1. The van der Waals surface area contributed by atoms with Crippen molar-refractivity contribution in [2.45, 2.75) is 6.92 Å². The van der Waals surface area contributed by atoms with Crippen LogP contribution in [0.15, 0.2) is 46.4 Å². The highest BCUT2D eigenvalue weighted by atomic mass is 79.9. The average molecular weight is 347 g/mol. The molecule has 0 unspecified atom stereocenters. The summed E-state index contributed by atoms with van der Waals surface area (Å²) in [5.74, 6) is 0. The first-order chi connectivity index (χ1) is 9.69. The van der Waals surface area contributed by atoms with Gasteiger partial charge in [0.1, 0.15) is 5.69 Å². The summed E-state index contributed by atoms with van der Waals surface area (Å²) < 4.78 is 2.79. The van der Waals surface area contributed by atoms with Gasteiger partial charge < -0.3 is 0 Å². The zero-order valence-corrected chi connectivity index (χ0v) is 13.1. The first kappa shape index (κ1) is 13.3. The van der Waals surface area contributed by atoms with Crippen LogP contribution in [0.2, 0.25) is 0 Å². The Bertz CT molecular complexity index is 776. The van der Waals surface area contributed by atoms with E-state index in [-0.39, 0.29) is 0 Å². The van der Waals surface area contributed by atoms with E-state index in [1.54, 1.807) is 22.2 Å². The van der Waals surface area contributed by atoms with Gasteiger partial charge in [-0.25, -0.2) is 4.68 Å². The Morgan fingerprint density at radius 1 is 1.25 bits per heavy atom. The van der Waals surface area contributed by atoms with E-state index in [1.165, 1.54) is 0 Å². The van der Waals surface area contributed by atoms with E-state index in [0.29, 0.717) is 5.56 Å². The third kappa shape index (κ3) is 2.34. The molecule has 2 aromatic heterocycles. The highest BCUT2D eigenvalue weighted by molar-refractivity contribution is 9.11. The molecule has 0 bridgehead atoms. The fourth-order valence-electron chi connectivity index (χ4n) is 2.05. The molecule has 0 radical (unpaired) electrons. The van der Waals surface area contributed by atoms with Crippen LogP contribution in [0, 0.1) is 6.92 Å². The topological polar surface area (TPSA) is 34.9 Å². The highest BCUT2D eigenvalue weighted by Crippen LogP contribution is 2.32. The van der Waals surface area contributed by atoms with E-state index in [1.807, 2.05) is 43.3 Å². The minimum absolute atomic E-state index is 0.600. The second-order valence-corrected chi connectivity index (χ2v) is 6.85. The fourth-order valence-corrected chi connectivity index (χ4v) is 3.44. The SMILES string of the molecule is Cc1ccccc1-n1cc(C=O)c(-c2ccc(Br)s2)n1. The van der Waals surface area contributed by atoms with Gasteiger partial charge in [-0.3, -0.25) is 4.79 Å². The maximum atomic E-state index is 11.3. The second kappa shape index (κ2) is 5.34. The molecule has 0 amide bonds. The summed E-state index contributed by atoms with van der Waals surface area (Å²) in [5, 5.41) is 4.57. The number of halogens is 1. The van der Waals surface area contributed by atoms with Crippen molar-refractivity contribution in [3.05, 3.63) is 57.5 Å². The number of hydrogen-bond donors (Lipinski definition) is 0. The monoisotopic (exact) mass is 346 g/mol. The van der Waals surface area contributed by atoms with Crippen LogP contribution >= 0.6 is 27.3 Å². The summed E-state index contributed by atoms with van der Waals surface area (Å²) in [6.45, 7) is 2.03. The van der Waals surface area contributed by atoms with Crippen molar-refractivity contribution in [1.82, 2.24) is 9.78 Å². The van der Waals surface area contributed by atoms with Crippen molar-refractivity contribution in [3.63, 3.8) is 0 Å². The van der Waals surface area contributed by atoms with Crippen LogP contribution in [0.25, 0.3) is 16.3 Å². The normalized spacial score (nSPS) is 10.7. The number of carbonyl (C=O) groups excluding carboxylic acids is 1. The molecule has 3 nitrogen and oxygen atoms in total. The number of hydrogen-bond acceptors (Lipinski definition) is 3. The first-order valence-electron chi connectivity index (χ1n) is 6.05. The van der Waals surface area contributed by atoms with Crippen LogP contribution in [-0.4, -0.2) is 16.1 Å². The molecule has 0 saturated carbocycles. The van der Waals surface area contributed by atoms with Gasteiger partial charge in [0, 0.05) is 6.20 Å². The number of thiophene rings is 1. The molecular formula is C15H11BrN2OS. The molecule has 0 spiro atoms. The largest absolute Gasteiger partial charge is 0.298 e. The van der Waals surface area contributed by atoms with Gasteiger partial charge in [0.2, 0.25) is 0 Å². The van der Waals surface area contributed by atoms with Crippen LogP contribution < -0.4 is 0 Å². The molecule has 3 aromatic rings. The Morgan fingerprint density at radius 3 is 2.70 bits per heavy atom. The van der Waals surface area contributed by atoms with E-state index >= 15 is 0 Å². The second-order valence-electron chi connectivity index (χ2n) is 4.39. The summed E-state index contributed by atoms with van der Waals surface area (Å²) in [6.07, 6.45) is 2.63. The van der Waals surface area contributed by atoms with E-state index in [2.05, 4.69) is 21.0 Å². The van der Waals surface area contributed by atoms with Crippen LogP contribution in [0.5, 0.6) is 0 Å². The predicted octanol–water partition coefficient (Wildman–Crippen LogP) is 4.48. The molecule has 0 atom stereocenters. The van der Waals surface area contributed by atoms with Crippen molar-refractivity contribution in [3.8, 4) is 16.3 Å². The zero-order valence-electron chi connectivity index (χ0n) is 10.7. The lowest BCUT2D eigenvalue weighted by atomic mass is 10.2. The summed E-state index contributed by atoms with van der Waals surface area (Å²) in [4.78, 5) is 12.3.